The summed E-state index contributed by atoms with van der Waals surface area (Å²) in [5, 5.41) is 0.144. The van der Waals surface area contributed by atoms with Crippen LogP contribution in [0, 0.1) is 0 Å². The van der Waals surface area contributed by atoms with Crippen LogP contribution in [0.1, 0.15) is 47.0 Å². The standard InChI is InChI=1S/C14H34OSi2/c1-10-13(11-2)17(8,9)15-14(4,12-3)16(5,6)7/h13H,10-12H2,1-9H3. The minimum atomic E-state index is -1.56. The van der Waals surface area contributed by atoms with Crippen LogP contribution in [-0.4, -0.2) is 21.6 Å². The molecule has 0 aromatic rings. The van der Waals surface area contributed by atoms with Crippen LogP contribution in [0.25, 0.3) is 0 Å². The minimum Gasteiger partial charge on any atom is -0.415 e. The van der Waals surface area contributed by atoms with Crippen molar-refractivity contribution in [3.05, 3.63) is 0 Å². The zero-order chi connectivity index (χ0) is 13.9. The first-order valence-corrected chi connectivity index (χ1v) is 13.7. The van der Waals surface area contributed by atoms with E-state index < -0.39 is 16.4 Å². The molecule has 0 aliphatic carbocycles. The summed E-state index contributed by atoms with van der Waals surface area (Å²) >= 11 is 0. The van der Waals surface area contributed by atoms with Gasteiger partial charge in [-0.3, -0.25) is 0 Å². The summed E-state index contributed by atoms with van der Waals surface area (Å²) in [6, 6.07) is 0. The summed E-state index contributed by atoms with van der Waals surface area (Å²) in [7, 11) is -2.84. The lowest BCUT2D eigenvalue weighted by Gasteiger charge is -2.47. The normalized spacial score (nSPS) is 17.3. The van der Waals surface area contributed by atoms with Gasteiger partial charge in [0.05, 0.1) is 8.07 Å². The van der Waals surface area contributed by atoms with Gasteiger partial charge in [0.25, 0.3) is 0 Å². The first-order valence-electron chi connectivity index (χ1n) is 7.24. The minimum absolute atomic E-state index is 0.144. The molecule has 0 aromatic heterocycles. The van der Waals surface area contributed by atoms with Crippen molar-refractivity contribution >= 4 is 16.4 Å². The molecule has 0 heterocycles. The highest BCUT2D eigenvalue weighted by atomic mass is 28.4. The van der Waals surface area contributed by atoms with Crippen LogP contribution < -0.4 is 0 Å². The lowest BCUT2D eigenvalue weighted by Crippen LogP contribution is -2.57. The molecule has 0 aromatic carbocycles. The molecular formula is C14H34OSi2. The van der Waals surface area contributed by atoms with Gasteiger partial charge in [-0.2, -0.15) is 0 Å². The Morgan fingerprint density at radius 3 is 1.59 bits per heavy atom. The van der Waals surface area contributed by atoms with E-state index in [0.29, 0.717) is 0 Å². The van der Waals surface area contributed by atoms with Crippen molar-refractivity contribution in [2.75, 3.05) is 0 Å². The Bertz CT molecular complexity index is 229. The Balaban J connectivity index is 5.01. The van der Waals surface area contributed by atoms with Gasteiger partial charge in [-0.25, -0.2) is 0 Å². The molecule has 0 aliphatic rings. The zero-order valence-electron chi connectivity index (χ0n) is 13.6. The van der Waals surface area contributed by atoms with Crippen molar-refractivity contribution in [1.29, 1.82) is 0 Å². The summed E-state index contributed by atoms with van der Waals surface area (Å²) < 4.78 is 6.78. The third kappa shape index (κ3) is 4.21. The fraction of sp³-hybridized carbons (Fsp3) is 1.00. The summed E-state index contributed by atoms with van der Waals surface area (Å²) in [5.74, 6) is 0. The predicted octanol–water partition coefficient (Wildman–Crippen LogP) is 5.44. The van der Waals surface area contributed by atoms with Crippen LogP contribution in [0.2, 0.25) is 38.3 Å². The van der Waals surface area contributed by atoms with E-state index in [0.717, 1.165) is 12.0 Å². The fourth-order valence-electron chi connectivity index (χ4n) is 2.69. The molecule has 1 nitrogen and oxygen atoms in total. The fourth-order valence-corrected chi connectivity index (χ4v) is 9.20. The first kappa shape index (κ1) is 17.4. The topological polar surface area (TPSA) is 9.23 Å². The van der Waals surface area contributed by atoms with Gasteiger partial charge in [0, 0.05) is 5.22 Å². The molecule has 0 rings (SSSR count). The summed E-state index contributed by atoms with van der Waals surface area (Å²) in [5.41, 5.74) is 0.796. The van der Waals surface area contributed by atoms with Crippen molar-refractivity contribution in [1.82, 2.24) is 0 Å². The molecule has 104 valence electrons. The maximum atomic E-state index is 6.78. The Morgan fingerprint density at radius 2 is 1.35 bits per heavy atom. The molecule has 1 atom stereocenters. The average Bonchev–Trinajstić information content (AvgIpc) is 2.16. The van der Waals surface area contributed by atoms with E-state index in [2.05, 4.69) is 60.4 Å². The van der Waals surface area contributed by atoms with Crippen LogP contribution in [-0.2, 0) is 4.43 Å². The van der Waals surface area contributed by atoms with Crippen molar-refractivity contribution in [3.8, 4) is 0 Å². The highest BCUT2D eigenvalue weighted by molar-refractivity contribution is 6.81. The lowest BCUT2D eigenvalue weighted by molar-refractivity contribution is 0.144. The van der Waals surface area contributed by atoms with E-state index in [1.54, 1.807) is 0 Å². The van der Waals surface area contributed by atoms with Crippen LogP contribution in [0.5, 0.6) is 0 Å². The molecule has 0 saturated heterocycles. The highest BCUT2D eigenvalue weighted by Crippen LogP contribution is 2.37. The van der Waals surface area contributed by atoms with Gasteiger partial charge in [0.15, 0.2) is 8.32 Å². The molecule has 0 radical (unpaired) electrons. The van der Waals surface area contributed by atoms with E-state index in [-0.39, 0.29) is 5.22 Å². The van der Waals surface area contributed by atoms with Crippen molar-refractivity contribution in [3.63, 3.8) is 0 Å². The van der Waals surface area contributed by atoms with Gasteiger partial charge in [-0.15, -0.1) is 0 Å². The predicted molar refractivity (Wildman–Crippen MR) is 84.9 cm³/mol. The van der Waals surface area contributed by atoms with Crippen LogP contribution in [0.3, 0.4) is 0 Å². The van der Waals surface area contributed by atoms with Gasteiger partial charge in [0.1, 0.15) is 0 Å². The van der Waals surface area contributed by atoms with Gasteiger partial charge in [-0.1, -0.05) is 53.3 Å². The number of hydrogen-bond acceptors (Lipinski definition) is 1. The second-order valence-corrected chi connectivity index (χ2v) is 16.8. The number of hydrogen-bond donors (Lipinski definition) is 0. The van der Waals surface area contributed by atoms with E-state index in [1.807, 2.05) is 0 Å². The number of rotatable bonds is 7. The third-order valence-corrected chi connectivity index (χ3v) is 12.3. The Kier molecular flexibility index (Phi) is 6.16. The van der Waals surface area contributed by atoms with Gasteiger partial charge in [-0.05, 0) is 32.0 Å². The van der Waals surface area contributed by atoms with Gasteiger partial charge in [0.2, 0.25) is 0 Å². The molecule has 3 heteroatoms. The van der Waals surface area contributed by atoms with Crippen molar-refractivity contribution in [2.24, 2.45) is 0 Å². The molecule has 0 amide bonds. The highest BCUT2D eigenvalue weighted by Gasteiger charge is 2.45. The first-order chi connectivity index (χ1) is 7.54. The van der Waals surface area contributed by atoms with E-state index in [4.69, 9.17) is 4.43 Å². The molecule has 1 unspecified atom stereocenters. The molecule has 0 aliphatic heterocycles. The van der Waals surface area contributed by atoms with Gasteiger partial charge < -0.3 is 4.43 Å². The molecule has 0 N–H and O–H groups in total. The maximum Gasteiger partial charge on any atom is 0.190 e. The van der Waals surface area contributed by atoms with Crippen molar-refractivity contribution < 1.29 is 4.43 Å². The average molecular weight is 275 g/mol. The molecular weight excluding hydrogens is 240 g/mol. The van der Waals surface area contributed by atoms with Crippen LogP contribution in [0.4, 0.5) is 0 Å². The van der Waals surface area contributed by atoms with Crippen LogP contribution in [0.15, 0.2) is 0 Å². The van der Waals surface area contributed by atoms with E-state index >= 15 is 0 Å². The summed E-state index contributed by atoms with van der Waals surface area (Å²) in [6.07, 6.45) is 3.68. The SMILES string of the molecule is CCC(CC)[Si](C)(C)OC(C)(CC)[Si](C)(C)C. The van der Waals surface area contributed by atoms with Crippen molar-refractivity contribution in [2.45, 2.75) is 90.5 Å². The largest absolute Gasteiger partial charge is 0.415 e. The quantitative estimate of drug-likeness (QED) is 0.561. The second-order valence-electron chi connectivity index (χ2n) is 7.05. The Hall–Kier alpha value is 0.394. The van der Waals surface area contributed by atoms with E-state index in [1.165, 1.54) is 12.8 Å². The van der Waals surface area contributed by atoms with E-state index in [9.17, 15) is 0 Å². The summed E-state index contributed by atoms with van der Waals surface area (Å²) in [6.45, 7) is 21.4. The maximum absolute atomic E-state index is 6.78. The molecule has 0 spiro atoms. The van der Waals surface area contributed by atoms with Gasteiger partial charge >= 0.3 is 0 Å². The summed E-state index contributed by atoms with van der Waals surface area (Å²) in [4.78, 5) is 0. The molecule has 0 bridgehead atoms. The van der Waals surface area contributed by atoms with Crippen LogP contribution >= 0.6 is 0 Å². The monoisotopic (exact) mass is 274 g/mol. The molecule has 0 saturated carbocycles. The smallest absolute Gasteiger partial charge is 0.190 e. The zero-order valence-corrected chi connectivity index (χ0v) is 15.6. The lowest BCUT2D eigenvalue weighted by atomic mass is 10.3. The molecule has 0 fully saturated rings. The Morgan fingerprint density at radius 1 is 0.941 bits per heavy atom. The second kappa shape index (κ2) is 6.02. The molecule has 17 heavy (non-hydrogen) atoms. The Labute approximate surface area is 111 Å². The third-order valence-electron chi connectivity index (χ3n) is 4.72.